The Kier molecular flexibility index (Phi) is 3.29. The molecule has 3 heteroatoms. The van der Waals surface area contributed by atoms with Crippen LogP contribution >= 0.6 is 0 Å². The van der Waals surface area contributed by atoms with E-state index in [1.165, 1.54) is 0 Å². The van der Waals surface area contributed by atoms with Gasteiger partial charge in [-0.15, -0.1) is 0 Å². The number of carbonyl (C=O) groups excluding carboxylic acids is 1. The highest BCUT2D eigenvalue weighted by molar-refractivity contribution is 5.51. The Morgan fingerprint density at radius 1 is 1.33 bits per heavy atom. The van der Waals surface area contributed by atoms with Crippen LogP contribution in [0.15, 0.2) is 24.3 Å². The first-order valence-electron chi connectivity index (χ1n) is 3.72. The molecule has 0 spiro atoms. The average Bonchev–Trinajstić information content (AvgIpc) is 2.15. The number of benzene rings is 1. The van der Waals surface area contributed by atoms with Gasteiger partial charge in [0, 0.05) is 6.54 Å². The molecule has 0 unspecified atom stereocenters. The standard InChI is InChI=1S/C9H11NO2/c10-7-8-1-3-9(4-2-8)12-6-5-11/h1-5H,6-7,10H2. The van der Waals surface area contributed by atoms with Gasteiger partial charge in [0.05, 0.1) is 0 Å². The summed E-state index contributed by atoms with van der Waals surface area (Å²) in [5, 5.41) is 0. The zero-order chi connectivity index (χ0) is 8.81. The first kappa shape index (κ1) is 8.74. The molecule has 0 heterocycles. The van der Waals surface area contributed by atoms with E-state index in [2.05, 4.69) is 0 Å². The van der Waals surface area contributed by atoms with Crippen LogP contribution in [0.4, 0.5) is 0 Å². The van der Waals surface area contributed by atoms with Gasteiger partial charge in [-0.3, -0.25) is 4.79 Å². The third-order valence-electron chi connectivity index (χ3n) is 1.48. The molecule has 0 bridgehead atoms. The van der Waals surface area contributed by atoms with E-state index >= 15 is 0 Å². The minimum atomic E-state index is 0.0992. The number of hydrogen-bond acceptors (Lipinski definition) is 3. The Bertz CT molecular complexity index is 243. The number of ether oxygens (including phenoxy) is 1. The van der Waals surface area contributed by atoms with E-state index < -0.39 is 0 Å². The fraction of sp³-hybridized carbons (Fsp3) is 0.222. The van der Waals surface area contributed by atoms with Crippen LogP contribution in [0, 0.1) is 0 Å². The van der Waals surface area contributed by atoms with Crippen LogP contribution in [0.3, 0.4) is 0 Å². The molecule has 1 aromatic carbocycles. The second kappa shape index (κ2) is 4.51. The number of aldehydes is 1. The molecule has 0 amide bonds. The first-order valence-corrected chi connectivity index (χ1v) is 3.72. The summed E-state index contributed by atoms with van der Waals surface area (Å²) in [6.07, 6.45) is 0.719. The lowest BCUT2D eigenvalue weighted by molar-refractivity contribution is -0.109. The summed E-state index contributed by atoms with van der Waals surface area (Å²) in [5.41, 5.74) is 6.45. The monoisotopic (exact) mass is 165 g/mol. The van der Waals surface area contributed by atoms with Crippen molar-refractivity contribution in [1.82, 2.24) is 0 Å². The summed E-state index contributed by atoms with van der Waals surface area (Å²) < 4.78 is 5.05. The number of carbonyl (C=O) groups is 1. The van der Waals surface area contributed by atoms with Gasteiger partial charge in [0.25, 0.3) is 0 Å². The van der Waals surface area contributed by atoms with Gasteiger partial charge in [-0.1, -0.05) is 12.1 Å². The van der Waals surface area contributed by atoms with Crippen molar-refractivity contribution in [2.75, 3.05) is 6.61 Å². The Morgan fingerprint density at radius 3 is 2.50 bits per heavy atom. The number of nitrogens with two attached hydrogens (primary N) is 1. The molecule has 0 atom stereocenters. The second-order valence-electron chi connectivity index (χ2n) is 2.33. The molecular formula is C9H11NO2. The molecule has 64 valence electrons. The normalized spacial score (nSPS) is 9.42. The molecule has 3 nitrogen and oxygen atoms in total. The fourth-order valence-corrected chi connectivity index (χ4v) is 0.852. The summed E-state index contributed by atoms with van der Waals surface area (Å²) in [6.45, 7) is 0.621. The smallest absolute Gasteiger partial charge is 0.157 e. The molecule has 1 rings (SSSR count). The predicted octanol–water partition coefficient (Wildman–Crippen LogP) is 0.723. The summed E-state index contributed by atoms with van der Waals surface area (Å²) in [6, 6.07) is 7.34. The molecule has 0 aliphatic rings. The van der Waals surface area contributed by atoms with Gasteiger partial charge in [0.15, 0.2) is 6.29 Å². The molecule has 0 saturated carbocycles. The van der Waals surface area contributed by atoms with Crippen LogP contribution in [0.25, 0.3) is 0 Å². The summed E-state index contributed by atoms with van der Waals surface area (Å²) in [4.78, 5) is 9.96. The summed E-state index contributed by atoms with van der Waals surface area (Å²) in [5.74, 6) is 0.694. The van der Waals surface area contributed by atoms with Crippen molar-refractivity contribution in [1.29, 1.82) is 0 Å². The van der Waals surface area contributed by atoms with Crippen molar-refractivity contribution in [3.05, 3.63) is 29.8 Å². The number of rotatable bonds is 4. The lowest BCUT2D eigenvalue weighted by Crippen LogP contribution is -1.99. The minimum Gasteiger partial charge on any atom is -0.486 e. The molecule has 12 heavy (non-hydrogen) atoms. The SMILES string of the molecule is NCc1ccc(OCC=O)cc1. The third kappa shape index (κ3) is 2.36. The second-order valence-corrected chi connectivity index (χ2v) is 2.33. The lowest BCUT2D eigenvalue weighted by Gasteiger charge is -2.01. The molecule has 0 aromatic heterocycles. The van der Waals surface area contributed by atoms with Crippen molar-refractivity contribution in [2.24, 2.45) is 5.73 Å². The average molecular weight is 165 g/mol. The van der Waals surface area contributed by atoms with Crippen molar-refractivity contribution >= 4 is 6.29 Å². The van der Waals surface area contributed by atoms with E-state index in [0.717, 1.165) is 11.8 Å². The van der Waals surface area contributed by atoms with Crippen molar-refractivity contribution in [2.45, 2.75) is 6.54 Å². The minimum absolute atomic E-state index is 0.0992. The summed E-state index contributed by atoms with van der Waals surface area (Å²) in [7, 11) is 0. The topological polar surface area (TPSA) is 52.3 Å². The van der Waals surface area contributed by atoms with Gasteiger partial charge in [0.2, 0.25) is 0 Å². The van der Waals surface area contributed by atoms with E-state index in [1.54, 1.807) is 12.1 Å². The summed E-state index contributed by atoms with van der Waals surface area (Å²) >= 11 is 0. The van der Waals surface area contributed by atoms with Gasteiger partial charge in [-0.25, -0.2) is 0 Å². The molecule has 2 N–H and O–H groups in total. The Morgan fingerprint density at radius 2 is 2.00 bits per heavy atom. The predicted molar refractivity (Wildman–Crippen MR) is 45.9 cm³/mol. The Hall–Kier alpha value is -1.35. The number of hydrogen-bond donors (Lipinski definition) is 1. The van der Waals surface area contributed by atoms with Crippen molar-refractivity contribution in [3.8, 4) is 5.75 Å². The van der Waals surface area contributed by atoms with E-state index in [4.69, 9.17) is 10.5 Å². The van der Waals surface area contributed by atoms with Gasteiger partial charge in [0.1, 0.15) is 12.4 Å². The van der Waals surface area contributed by atoms with Gasteiger partial charge < -0.3 is 10.5 Å². The Balaban J connectivity index is 2.58. The van der Waals surface area contributed by atoms with Crippen LogP contribution in [0.5, 0.6) is 5.75 Å². The third-order valence-corrected chi connectivity index (χ3v) is 1.48. The van der Waals surface area contributed by atoms with Crippen LogP contribution in [-0.4, -0.2) is 12.9 Å². The highest BCUT2D eigenvalue weighted by atomic mass is 16.5. The van der Waals surface area contributed by atoms with Gasteiger partial charge in [-0.2, -0.15) is 0 Å². The molecule has 0 aliphatic heterocycles. The van der Waals surface area contributed by atoms with Crippen molar-refractivity contribution in [3.63, 3.8) is 0 Å². The van der Waals surface area contributed by atoms with E-state index in [1.807, 2.05) is 12.1 Å². The van der Waals surface area contributed by atoms with Crippen LogP contribution in [-0.2, 0) is 11.3 Å². The van der Waals surface area contributed by atoms with Crippen LogP contribution in [0.1, 0.15) is 5.56 Å². The van der Waals surface area contributed by atoms with Gasteiger partial charge in [-0.05, 0) is 17.7 Å². The maximum Gasteiger partial charge on any atom is 0.157 e. The molecule has 0 saturated heterocycles. The van der Waals surface area contributed by atoms with Crippen LogP contribution < -0.4 is 10.5 Å². The molecule has 1 aromatic rings. The van der Waals surface area contributed by atoms with E-state index in [9.17, 15) is 4.79 Å². The largest absolute Gasteiger partial charge is 0.486 e. The quantitative estimate of drug-likeness (QED) is 0.669. The molecular weight excluding hydrogens is 154 g/mol. The van der Waals surface area contributed by atoms with E-state index in [-0.39, 0.29) is 6.61 Å². The fourth-order valence-electron chi connectivity index (χ4n) is 0.852. The van der Waals surface area contributed by atoms with Crippen LogP contribution in [0.2, 0.25) is 0 Å². The highest BCUT2D eigenvalue weighted by Gasteiger charge is 1.92. The first-order chi connectivity index (χ1) is 5.86. The molecule has 0 aliphatic carbocycles. The zero-order valence-corrected chi connectivity index (χ0v) is 6.69. The van der Waals surface area contributed by atoms with Crippen molar-refractivity contribution < 1.29 is 9.53 Å². The zero-order valence-electron chi connectivity index (χ0n) is 6.69. The highest BCUT2D eigenvalue weighted by Crippen LogP contribution is 2.10. The molecule has 0 radical (unpaired) electrons. The Labute approximate surface area is 71.1 Å². The van der Waals surface area contributed by atoms with E-state index in [0.29, 0.717) is 12.3 Å². The van der Waals surface area contributed by atoms with Gasteiger partial charge >= 0.3 is 0 Å². The maximum absolute atomic E-state index is 9.96. The maximum atomic E-state index is 9.96. The lowest BCUT2D eigenvalue weighted by atomic mass is 10.2. The molecule has 0 fully saturated rings.